The number of nitrogens with one attached hydrogen (secondary N) is 1. The summed E-state index contributed by atoms with van der Waals surface area (Å²) in [7, 11) is 0. The van der Waals surface area contributed by atoms with E-state index in [4.69, 9.17) is 16.6 Å². The van der Waals surface area contributed by atoms with Crippen molar-refractivity contribution in [1.29, 1.82) is 0 Å². The number of carbonyl (C=O) groups excluding carboxylic acids is 1. The first kappa shape index (κ1) is 15.4. The van der Waals surface area contributed by atoms with Gasteiger partial charge in [-0.2, -0.15) is 0 Å². The van der Waals surface area contributed by atoms with Crippen molar-refractivity contribution >= 4 is 11.9 Å². The van der Waals surface area contributed by atoms with Crippen molar-refractivity contribution in [1.82, 2.24) is 5.32 Å². The van der Waals surface area contributed by atoms with E-state index in [1.165, 1.54) is 0 Å². The molecule has 0 aliphatic heterocycles. The summed E-state index contributed by atoms with van der Waals surface area (Å²) in [6.07, 6.45) is 1.39. The van der Waals surface area contributed by atoms with Crippen LogP contribution in [0.5, 0.6) is 17.2 Å². The number of nitrogens with zero attached hydrogens (tertiary/aromatic N) is 1. The molecule has 1 rings (SSSR count). The number of hydrogen-bond donors (Lipinski definition) is 6. The Balaban J connectivity index is 2.42. The van der Waals surface area contributed by atoms with Gasteiger partial charge in [-0.05, 0) is 25.0 Å². The van der Waals surface area contributed by atoms with Crippen molar-refractivity contribution < 1.29 is 20.1 Å². The number of unbranched alkanes of at least 4 members (excludes halogenated alkanes) is 1. The van der Waals surface area contributed by atoms with Gasteiger partial charge in [0.15, 0.2) is 23.2 Å². The molecule has 8 nitrogen and oxygen atoms in total. The number of phenols is 3. The van der Waals surface area contributed by atoms with Crippen LogP contribution in [0.4, 0.5) is 0 Å². The monoisotopic (exact) mass is 282 g/mol. The van der Waals surface area contributed by atoms with Crippen molar-refractivity contribution in [2.24, 2.45) is 16.5 Å². The molecule has 0 fully saturated rings. The third-order valence-corrected chi connectivity index (χ3v) is 2.50. The van der Waals surface area contributed by atoms with E-state index in [0.29, 0.717) is 25.9 Å². The number of rotatable bonds is 6. The Morgan fingerprint density at radius 1 is 1.15 bits per heavy atom. The fourth-order valence-electron chi connectivity index (χ4n) is 1.48. The number of nitrogens with two attached hydrogens (primary N) is 2. The lowest BCUT2D eigenvalue weighted by Crippen LogP contribution is -2.25. The van der Waals surface area contributed by atoms with E-state index in [-0.39, 0.29) is 11.5 Å². The zero-order valence-corrected chi connectivity index (χ0v) is 10.8. The number of amides is 1. The highest BCUT2D eigenvalue weighted by Crippen LogP contribution is 2.35. The van der Waals surface area contributed by atoms with Crippen LogP contribution < -0.4 is 16.8 Å². The van der Waals surface area contributed by atoms with Crippen LogP contribution in [-0.2, 0) is 0 Å². The fraction of sp³-hybridized carbons (Fsp3) is 0.333. The van der Waals surface area contributed by atoms with Crippen molar-refractivity contribution in [2.75, 3.05) is 13.1 Å². The van der Waals surface area contributed by atoms with E-state index in [2.05, 4.69) is 10.3 Å². The summed E-state index contributed by atoms with van der Waals surface area (Å²) >= 11 is 0. The third-order valence-electron chi connectivity index (χ3n) is 2.50. The first-order valence-corrected chi connectivity index (χ1v) is 6.00. The van der Waals surface area contributed by atoms with Gasteiger partial charge in [0.2, 0.25) is 0 Å². The van der Waals surface area contributed by atoms with Gasteiger partial charge in [0.25, 0.3) is 5.91 Å². The van der Waals surface area contributed by atoms with Crippen LogP contribution in [0.15, 0.2) is 17.1 Å². The maximum absolute atomic E-state index is 11.7. The number of phenolic OH excluding ortho intramolecular Hbond substituents is 3. The molecule has 8 heteroatoms. The Kier molecular flexibility index (Phi) is 5.45. The maximum atomic E-state index is 11.7. The molecule has 1 aromatic carbocycles. The highest BCUT2D eigenvalue weighted by atomic mass is 16.3. The van der Waals surface area contributed by atoms with Gasteiger partial charge in [-0.1, -0.05) is 0 Å². The molecule has 110 valence electrons. The second-order valence-corrected chi connectivity index (χ2v) is 4.13. The molecule has 0 heterocycles. The summed E-state index contributed by atoms with van der Waals surface area (Å²) in [4.78, 5) is 15.5. The predicted molar refractivity (Wildman–Crippen MR) is 73.7 cm³/mol. The molecule has 0 atom stereocenters. The van der Waals surface area contributed by atoms with Gasteiger partial charge >= 0.3 is 0 Å². The summed E-state index contributed by atoms with van der Waals surface area (Å²) < 4.78 is 0. The second-order valence-electron chi connectivity index (χ2n) is 4.13. The molecule has 0 aromatic heterocycles. The van der Waals surface area contributed by atoms with Crippen molar-refractivity contribution in [3.05, 3.63) is 17.7 Å². The molecule has 0 aliphatic carbocycles. The first-order chi connectivity index (χ1) is 9.41. The minimum absolute atomic E-state index is 0.0316. The predicted octanol–water partition coefficient (Wildman–Crippen LogP) is -0.413. The quantitative estimate of drug-likeness (QED) is 0.180. The normalized spacial score (nSPS) is 10.0. The summed E-state index contributed by atoms with van der Waals surface area (Å²) in [5, 5.41) is 30.4. The molecular formula is C12H18N4O4. The summed E-state index contributed by atoms with van der Waals surface area (Å²) in [5.74, 6) is -2.19. The van der Waals surface area contributed by atoms with Crippen LogP contribution in [0.25, 0.3) is 0 Å². The van der Waals surface area contributed by atoms with Crippen LogP contribution in [-0.4, -0.2) is 40.3 Å². The van der Waals surface area contributed by atoms with Gasteiger partial charge in [0.1, 0.15) is 0 Å². The molecule has 0 unspecified atom stereocenters. The zero-order chi connectivity index (χ0) is 15.1. The van der Waals surface area contributed by atoms with E-state index in [1.807, 2.05) is 0 Å². The number of benzene rings is 1. The van der Waals surface area contributed by atoms with Crippen LogP contribution in [0.1, 0.15) is 23.2 Å². The van der Waals surface area contributed by atoms with Gasteiger partial charge in [-0.15, -0.1) is 0 Å². The maximum Gasteiger partial charge on any atom is 0.251 e. The smallest absolute Gasteiger partial charge is 0.251 e. The molecule has 8 N–H and O–H groups in total. The van der Waals surface area contributed by atoms with E-state index in [9.17, 15) is 15.0 Å². The van der Waals surface area contributed by atoms with E-state index in [1.54, 1.807) is 0 Å². The standard InChI is InChI=1S/C12H18N4O4/c13-12(14)16-4-2-1-3-15-11(20)7-5-8(17)10(19)9(18)6-7/h5-6,17-19H,1-4H2,(H,15,20)(H4,13,14,16). The first-order valence-electron chi connectivity index (χ1n) is 6.00. The largest absolute Gasteiger partial charge is 0.504 e. The van der Waals surface area contributed by atoms with Crippen LogP contribution in [0.2, 0.25) is 0 Å². The molecule has 1 aromatic rings. The molecule has 0 aliphatic rings. The van der Waals surface area contributed by atoms with Crippen LogP contribution in [0.3, 0.4) is 0 Å². The lowest BCUT2D eigenvalue weighted by molar-refractivity contribution is 0.0952. The van der Waals surface area contributed by atoms with Crippen molar-refractivity contribution in [3.8, 4) is 17.2 Å². The highest BCUT2D eigenvalue weighted by Gasteiger charge is 2.12. The summed E-state index contributed by atoms with van der Waals surface area (Å²) in [5.41, 5.74) is 10.4. The summed E-state index contributed by atoms with van der Waals surface area (Å²) in [6.45, 7) is 0.889. The van der Waals surface area contributed by atoms with Crippen molar-refractivity contribution in [3.63, 3.8) is 0 Å². The average molecular weight is 282 g/mol. The van der Waals surface area contributed by atoms with Crippen molar-refractivity contribution in [2.45, 2.75) is 12.8 Å². The van der Waals surface area contributed by atoms with Crippen LogP contribution >= 0.6 is 0 Å². The zero-order valence-electron chi connectivity index (χ0n) is 10.8. The number of guanidine groups is 1. The Hall–Kier alpha value is -2.64. The number of aliphatic imine (C=N–C) groups is 1. The number of carbonyl (C=O) groups is 1. The van der Waals surface area contributed by atoms with E-state index < -0.39 is 23.2 Å². The van der Waals surface area contributed by atoms with Gasteiger partial charge in [-0.25, -0.2) is 0 Å². The molecule has 0 bridgehead atoms. The topological polar surface area (TPSA) is 154 Å². The minimum atomic E-state index is -0.654. The molecule has 0 saturated carbocycles. The number of hydrogen-bond acceptors (Lipinski definition) is 5. The Bertz CT molecular complexity index is 489. The SMILES string of the molecule is NC(N)=NCCCCNC(=O)c1cc(O)c(O)c(O)c1. The fourth-order valence-corrected chi connectivity index (χ4v) is 1.48. The number of aromatic hydroxyl groups is 3. The molecule has 0 spiro atoms. The van der Waals surface area contributed by atoms with Gasteiger partial charge in [-0.3, -0.25) is 9.79 Å². The average Bonchev–Trinajstić information content (AvgIpc) is 2.38. The van der Waals surface area contributed by atoms with Crippen LogP contribution in [0, 0.1) is 0 Å². The van der Waals surface area contributed by atoms with E-state index in [0.717, 1.165) is 12.1 Å². The van der Waals surface area contributed by atoms with Gasteiger partial charge < -0.3 is 32.1 Å². The molecule has 20 heavy (non-hydrogen) atoms. The lowest BCUT2D eigenvalue weighted by Gasteiger charge is -2.07. The van der Waals surface area contributed by atoms with E-state index >= 15 is 0 Å². The molecular weight excluding hydrogens is 264 g/mol. The second kappa shape index (κ2) is 7.07. The molecule has 1 amide bonds. The Morgan fingerprint density at radius 3 is 2.30 bits per heavy atom. The Morgan fingerprint density at radius 2 is 1.75 bits per heavy atom. The Labute approximate surface area is 115 Å². The third kappa shape index (κ3) is 4.56. The highest BCUT2D eigenvalue weighted by molar-refractivity contribution is 5.95. The minimum Gasteiger partial charge on any atom is -0.504 e. The van der Waals surface area contributed by atoms with Gasteiger partial charge in [0.05, 0.1) is 0 Å². The molecule has 0 saturated heterocycles. The van der Waals surface area contributed by atoms with Gasteiger partial charge in [0, 0.05) is 18.7 Å². The lowest BCUT2D eigenvalue weighted by atomic mass is 10.1. The summed E-state index contributed by atoms with van der Waals surface area (Å²) in [6, 6.07) is 2.15. The molecule has 0 radical (unpaired) electrons.